The van der Waals surface area contributed by atoms with E-state index in [0.29, 0.717) is 5.95 Å². The molecule has 0 fully saturated rings. The number of nitrogens with zero attached hydrogens (tertiary/aromatic N) is 5. The number of hydrogen-bond acceptors (Lipinski definition) is 3. The molecule has 0 amide bonds. The number of benzene rings is 9. The maximum absolute atomic E-state index is 5.54. The normalized spacial score (nSPS) is 11.9. The monoisotopic (exact) mass is 713 g/mol. The van der Waals surface area contributed by atoms with Crippen LogP contribution in [0.25, 0.3) is 110 Å². The summed E-state index contributed by atoms with van der Waals surface area (Å²) in [6, 6.07) is 66.4. The van der Waals surface area contributed by atoms with Crippen LogP contribution in [0.5, 0.6) is 0 Å². The molecule has 9 aromatic carbocycles. The number of imidazole rings is 1. The second kappa shape index (κ2) is 11.9. The molecule has 12 aromatic rings. The first-order chi connectivity index (χ1) is 27.8. The molecule has 56 heavy (non-hydrogen) atoms. The van der Waals surface area contributed by atoms with E-state index in [1.165, 1.54) is 32.3 Å². The average molecular weight is 714 g/mol. The molecule has 0 aliphatic rings. The number of fused-ring (bicyclic) bond motifs is 13. The molecule has 0 aliphatic carbocycles. The van der Waals surface area contributed by atoms with E-state index in [9.17, 15) is 0 Å². The summed E-state index contributed by atoms with van der Waals surface area (Å²) in [4.78, 5) is 16.1. The van der Waals surface area contributed by atoms with E-state index in [0.717, 1.165) is 72.1 Å². The Morgan fingerprint density at radius 1 is 0.321 bits per heavy atom. The van der Waals surface area contributed by atoms with E-state index in [-0.39, 0.29) is 0 Å². The SMILES string of the molecule is c1ccc(-c2nc(-n3c4ccccc4c4c5c(ccc43)c3ccccc3c3c5ccc4c3nc(-c3ccccc3)n4-c3ccccc3)nc3ccccc23)cc1. The van der Waals surface area contributed by atoms with Crippen molar-refractivity contribution in [2.45, 2.75) is 0 Å². The average Bonchev–Trinajstić information content (AvgIpc) is 3.83. The van der Waals surface area contributed by atoms with Gasteiger partial charge in [-0.25, -0.2) is 15.0 Å². The highest BCUT2D eigenvalue weighted by atomic mass is 15.2. The third-order valence-corrected chi connectivity index (χ3v) is 11.3. The van der Waals surface area contributed by atoms with Gasteiger partial charge in [0.2, 0.25) is 5.95 Å². The van der Waals surface area contributed by atoms with Crippen molar-refractivity contribution in [1.82, 2.24) is 24.1 Å². The van der Waals surface area contributed by atoms with Gasteiger partial charge in [-0.05, 0) is 57.9 Å². The predicted molar refractivity (Wildman–Crippen MR) is 232 cm³/mol. The van der Waals surface area contributed by atoms with Crippen LogP contribution in [0.15, 0.2) is 188 Å². The number of hydrogen-bond donors (Lipinski definition) is 0. The minimum atomic E-state index is 0.648. The fraction of sp³-hybridized carbons (Fsp3) is 0. The van der Waals surface area contributed by atoms with E-state index in [2.05, 4.69) is 185 Å². The van der Waals surface area contributed by atoms with Gasteiger partial charge in [0, 0.05) is 43.7 Å². The van der Waals surface area contributed by atoms with Crippen molar-refractivity contribution in [3.63, 3.8) is 0 Å². The van der Waals surface area contributed by atoms with Crippen LogP contribution >= 0.6 is 0 Å². The van der Waals surface area contributed by atoms with Gasteiger partial charge < -0.3 is 0 Å². The van der Waals surface area contributed by atoms with Gasteiger partial charge in [-0.1, -0.05) is 152 Å². The molecule has 0 N–H and O–H groups in total. The maximum atomic E-state index is 5.54. The third-order valence-electron chi connectivity index (χ3n) is 11.3. The standard InChI is InChI=1S/C51H31N5/c1-4-16-32(17-5-1)48-38-24-12-14-26-41(38)52-51(54-48)56-42-27-15-13-25-39(42)47-43(56)30-28-37-35-22-10-11-23-36(35)46-40(45(37)47)29-31-44-49(46)53-50(33-18-6-2-7-19-33)55(44)34-20-8-3-9-21-34/h1-31H. The van der Waals surface area contributed by atoms with Crippen molar-refractivity contribution in [1.29, 1.82) is 0 Å². The molecule has 5 heteroatoms. The van der Waals surface area contributed by atoms with Gasteiger partial charge >= 0.3 is 0 Å². The summed E-state index contributed by atoms with van der Waals surface area (Å²) < 4.78 is 4.55. The molecule has 0 radical (unpaired) electrons. The Morgan fingerprint density at radius 2 is 0.911 bits per heavy atom. The van der Waals surface area contributed by atoms with Crippen LogP contribution in [-0.2, 0) is 0 Å². The lowest BCUT2D eigenvalue weighted by Crippen LogP contribution is -2.03. The van der Waals surface area contributed by atoms with Crippen LogP contribution in [-0.4, -0.2) is 24.1 Å². The highest BCUT2D eigenvalue weighted by Crippen LogP contribution is 2.46. The first kappa shape index (κ1) is 30.8. The minimum absolute atomic E-state index is 0.648. The lowest BCUT2D eigenvalue weighted by Gasteiger charge is -2.14. The zero-order chi connectivity index (χ0) is 36.7. The fourth-order valence-electron chi connectivity index (χ4n) is 8.94. The summed E-state index contributed by atoms with van der Waals surface area (Å²) in [5.41, 5.74) is 9.20. The second-order valence-electron chi connectivity index (χ2n) is 14.4. The van der Waals surface area contributed by atoms with Crippen LogP contribution in [0.1, 0.15) is 0 Å². The first-order valence-electron chi connectivity index (χ1n) is 19.0. The maximum Gasteiger partial charge on any atom is 0.235 e. The van der Waals surface area contributed by atoms with E-state index < -0.39 is 0 Å². The van der Waals surface area contributed by atoms with Crippen LogP contribution in [0.3, 0.4) is 0 Å². The van der Waals surface area contributed by atoms with Gasteiger partial charge in [-0.15, -0.1) is 0 Å². The molecule has 0 unspecified atom stereocenters. The van der Waals surface area contributed by atoms with Gasteiger partial charge in [-0.3, -0.25) is 9.13 Å². The summed E-state index contributed by atoms with van der Waals surface area (Å²) in [5, 5.41) is 10.5. The Morgan fingerprint density at radius 3 is 1.70 bits per heavy atom. The predicted octanol–water partition coefficient (Wildman–Crippen LogP) is 12.9. The van der Waals surface area contributed by atoms with Crippen LogP contribution in [0.4, 0.5) is 0 Å². The minimum Gasteiger partial charge on any atom is -0.292 e. The van der Waals surface area contributed by atoms with Gasteiger partial charge in [0.25, 0.3) is 0 Å². The molecule has 3 aromatic heterocycles. The summed E-state index contributed by atoms with van der Waals surface area (Å²) in [7, 11) is 0. The molecule has 0 saturated carbocycles. The van der Waals surface area contributed by atoms with Crippen LogP contribution < -0.4 is 0 Å². The Kier molecular flexibility index (Phi) is 6.56. The lowest BCUT2D eigenvalue weighted by atomic mass is 9.91. The molecule has 0 atom stereocenters. The molecule has 5 nitrogen and oxygen atoms in total. The van der Waals surface area contributed by atoms with Crippen molar-refractivity contribution in [2.75, 3.05) is 0 Å². The quantitative estimate of drug-likeness (QED) is 0.171. The molecule has 0 spiro atoms. The van der Waals surface area contributed by atoms with Gasteiger partial charge in [0.15, 0.2) is 0 Å². The number of aromatic nitrogens is 5. The van der Waals surface area contributed by atoms with Crippen molar-refractivity contribution < 1.29 is 0 Å². The first-order valence-corrected chi connectivity index (χ1v) is 19.0. The summed E-state index contributed by atoms with van der Waals surface area (Å²) in [6.45, 7) is 0. The fourth-order valence-corrected chi connectivity index (χ4v) is 8.94. The molecule has 0 bridgehead atoms. The van der Waals surface area contributed by atoms with Crippen LogP contribution in [0, 0.1) is 0 Å². The van der Waals surface area contributed by atoms with E-state index in [1.807, 2.05) is 12.1 Å². The van der Waals surface area contributed by atoms with Crippen molar-refractivity contribution in [2.24, 2.45) is 0 Å². The molecular weight excluding hydrogens is 683 g/mol. The third kappa shape index (κ3) is 4.39. The molecule has 260 valence electrons. The zero-order valence-electron chi connectivity index (χ0n) is 30.1. The van der Waals surface area contributed by atoms with Crippen molar-refractivity contribution in [3.05, 3.63) is 188 Å². The van der Waals surface area contributed by atoms with E-state index in [1.54, 1.807) is 0 Å². The summed E-state index contributed by atoms with van der Waals surface area (Å²) in [6.07, 6.45) is 0. The number of para-hydroxylation sites is 3. The van der Waals surface area contributed by atoms with Gasteiger partial charge in [-0.2, -0.15) is 0 Å². The topological polar surface area (TPSA) is 48.5 Å². The smallest absolute Gasteiger partial charge is 0.235 e. The van der Waals surface area contributed by atoms with Crippen molar-refractivity contribution in [3.8, 4) is 34.3 Å². The zero-order valence-corrected chi connectivity index (χ0v) is 30.1. The largest absolute Gasteiger partial charge is 0.292 e. The Hall–Kier alpha value is -7.63. The van der Waals surface area contributed by atoms with Gasteiger partial charge in [0.05, 0.1) is 33.3 Å². The summed E-state index contributed by atoms with van der Waals surface area (Å²) >= 11 is 0. The molecule has 0 saturated heterocycles. The Labute approximate surface area is 321 Å². The second-order valence-corrected chi connectivity index (χ2v) is 14.4. The Bertz CT molecular complexity index is 3510. The van der Waals surface area contributed by atoms with E-state index in [4.69, 9.17) is 15.0 Å². The molecule has 0 aliphatic heterocycles. The Balaban J connectivity index is 1.24. The molecule has 3 heterocycles. The molecule has 12 rings (SSSR count). The van der Waals surface area contributed by atoms with E-state index >= 15 is 0 Å². The summed E-state index contributed by atoms with van der Waals surface area (Å²) in [5.74, 6) is 1.57. The molecular formula is C51H31N5. The van der Waals surface area contributed by atoms with Crippen LogP contribution in [0.2, 0.25) is 0 Å². The van der Waals surface area contributed by atoms with Crippen molar-refractivity contribution >= 4 is 76.1 Å². The number of rotatable bonds is 4. The highest BCUT2D eigenvalue weighted by molar-refractivity contribution is 6.38. The highest BCUT2D eigenvalue weighted by Gasteiger charge is 2.23. The van der Waals surface area contributed by atoms with Gasteiger partial charge in [0.1, 0.15) is 5.82 Å². The lowest BCUT2D eigenvalue weighted by molar-refractivity contribution is 1.01.